The lowest BCUT2D eigenvalue weighted by Gasteiger charge is -2.19. The van der Waals surface area contributed by atoms with Crippen molar-refractivity contribution in [2.45, 2.75) is 25.7 Å². The summed E-state index contributed by atoms with van der Waals surface area (Å²) in [5.74, 6) is 0.616. The van der Waals surface area contributed by atoms with Crippen molar-refractivity contribution in [3.63, 3.8) is 0 Å². The number of aromatic hydroxyl groups is 2. The summed E-state index contributed by atoms with van der Waals surface area (Å²) < 4.78 is 0. The molecule has 2 heterocycles. The molecule has 1 aliphatic heterocycles. The van der Waals surface area contributed by atoms with E-state index in [4.69, 9.17) is 0 Å². The maximum atomic E-state index is 12.2. The van der Waals surface area contributed by atoms with Crippen molar-refractivity contribution in [2.24, 2.45) is 0 Å². The largest absolute Gasteiger partial charge is 0.508 e. The molecule has 1 aromatic heterocycles. The van der Waals surface area contributed by atoms with Crippen LogP contribution in [0.5, 0.6) is 11.5 Å². The number of nitrogens with zero attached hydrogens (tertiary/aromatic N) is 1. The van der Waals surface area contributed by atoms with Crippen LogP contribution in [0, 0.1) is 0 Å². The number of hydrogen-bond donors (Lipinski definition) is 3. The highest BCUT2D eigenvalue weighted by atomic mass is 16.3. The second-order valence-electron chi connectivity index (χ2n) is 5.91. The van der Waals surface area contributed by atoms with E-state index in [2.05, 4.69) is 10.3 Å². The summed E-state index contributed by atoms with van der Waals surface area (Å²) in [6, 6.07) is 5.10. The molecule has 23 heavy (non-hydrogen) atoms. The third-order valence-electron chi connectivity index (χ3n) is 4.50. The topological polar surface area (TPSA) is 82.5 Å². The molecule has 0 bridgehead atoms. The molecule has 0 fully saturated rings. The first-order valence-electron chi connectivity index (χ1n) is 7.70. The van der Waals surface area contributed by atoms with E-state index in [1.54, 1.807) is 24.4 Å². The second kappa shape index (κ2) is 5.12. The number of fused-ring (bicyclic) bond motifs is 2. The van der Waals surface area contributed by atoms with Crippen molar-refractivity contribution in [1.82, 2.24) is 4.98 Å². The molecule has 5 heteroatoms. The predicted octanol–water partition coefficient (Wildman–Crippen LogP) is 2.86. The molecular weight excluding hydrogens is 292 g/mol. The summed E-state index contributed by atoms with van der Waals surface area (Å²) in [6.07, 6.45) is 6.76. The van der Waals surface area contributed by atoms with E-state index in [-0.39, 0.29) is 17.4 Å². The smallest absolute Gasteiger partial charge is 0.257 e. The van der Waals surface area contributed by atoms with Gasteiger partial charge in [-0.1, -0.05) is 0 Å². The highest BCUT2D eigenvalue weighted by molar-refractivity contribution is 6.34. The standard InChI is InChI=1S/C18H16N2O3/c21-15-9-10(16(22)12-5-2-1-4-11(12)15)8-14-13-6-3-7-19-17(13)20-18(14)23/h3,6-9,21-22H,1-2,4-5H2,(H,19,20,23)/b14-8+. The van der Waals surface area contributed by atoms with Gasteiger partial charge in [-0.05, 0) is 50.0 Å². The van der Waals surface area contributed by atoms with Gasteiger partial charge in [0.05, 0.1) is 5.57 Å². The molecule has 0 atom stereocenters. The van der Waals surface area contributed by atoms with Gasteiger partial charge in [-0.15, -0.1) is 0 Å². The lowest BCUT2D eigenvalue weighted by Crippen LogP contribution is -2.05. The molecule has 4 rings (SSSR count). The fourth-order valence-corrected chi connectivity index (χ4v) is 3.35. The third-order valence-corrected chi connectivity index (χ3v) is 4.50. The molecule has 1 amide bonds. The molecule has 1 aromatic carbocycles. The van der Waals surface area contributed by atoms with Crippen molar-refractivity contribution in [3.05, 3.63) is 46.6 Å². The Balaban J connectivity index is 1.86. The molecule has 3 N–H and O–H groups in total. The van der Waals surface area contributed by atoms with Crippen LogP contribution in [0.15, 0.2) is 24.4 Å². The highest BCUT2D eigenvalue weighted by Gasteiger charge is 2.26. The molecule has 2 aliphatic rings. The number of anilines is 1. The first kappa shape index (κ1) is 13.8. The SMILES string of the molecule is O=C1Nc2ncccc2/C1=C\c1cc(O)c2c(c1O)CCCC2. The van der Waals surface area contributed by atoms with Crippen LogP contribution in [-0.2, 0) is 17.6 Å². The van der Waals surface area contributed by atoms with Gasteiger partial charge < -0.3 is 15.5 Å². The van der Waals surface area contributed by atoms with E-state index in [9.17, 15) is 15.0 Å². The summed E-state index contributed by atoms with van der Waals surface area (Å²) in [6.45, 7) is 0. The number of nitrogens with one attached hydrogen (secondary N) is 1. The van der Waals surface area contributed by atoms with Crippen LogP contribution in [0.4, 0.5) is 5.82 Å². The van der Waals surface area contributed by atoms with Crippen LogP contribution in [0.2, 0.25) is 0 Å². The number of phenols is 2. The first-order chi connectivity index (χ1) is 11.1. The van der Waals surface area contributed by atoms with Gasteiger partial charge in [0.25, 0.3) is 5.91 Å². The molecule has 0 saturated carbocycles. The zero-order valence-corrected chi connectivity index (χ0v) is 12.5. The molecule has 0 radical (unpaired) electrons. The summed E-state index contributed by atoms with van der Waals surface area (Å²) in [5.41, 5.74) is 3.24. The van der Waals surface area contributed by atoms with Crippen LogP contribution < -0.4 is 5.32 Å². The fourth-order valence-electron chi connectivity index (χ4n) is 3.35. The van der Waals surface area contributed by atoms with Crippen molar-refractivity contribution in [2.75, 3.05) is 5.32 Å². The lowest BCUT2D eigenvalue weighted by molar-refractivity contribution is -0.110. The van der Waals surface area contributed by atoms with Gasteiger partial charge in [0.2, 0.25) is 0 Å². The van der Waals surface area contributed by atoms with Crippen molar-refractivity contribution in [1.29, 1.82) is 0 Å². The number of aromatic nitrogens is 1. The van der Waals surface area contributed by atoms with E-state index in [0.29, 0.717) is 22.5 Å². The lowest BCUT2D eigenvalue weighted by atomic mass is 9.88. The summed E-state index contributed by atoms with van der Waals surface area (Å²) in [5, 5.41) is 23.5. The molecule has 0 saturated heterocycles. The van der Waals surface area contributed by atoms with Crippen LogP contribution in [0.25, 0.3) is 11.6 Å². The first-order valence-corrected chi connectivity index (χ1v) is 7.70. The van der Waals surface area contributed by atoms with E-state index >= 15 is 0 Å². The quantitative estimate of drug-likeness (QED) is 0.559. The van der Waals surface area contributed by atoms with Crippen LogP contribution in [-0.4, -0.2) is 21.1 Å². The summed E-state index contributed by atoms with van der Waals surface area (Å²) in [4.78, 5) is 16.3. The number of carbonyl (C=O) groups excluding carboxylic acids is 1. The van der Waals surface area contributed by atoms with E-state index in [0.717, 1.165) is 36.8 Å². The van der Waals surface area contributed by atoms with Gasteiger partial charge in [-0.3, -0.25) is 4.79 Å². The zero-order valence-electron chi connectivity index (χ0n) is 12.5. The highest BCUT2D eigenvalue weighted by Crippen LogP contribution is 2.40. The van der Waals surface area contributed by atoms with Gasteiger partial charge in [0.15, 0.2) is 0 Å². The number of phenolic OH excluding ortho intramolecular Hbond substituents is 2. The Hall–Kier alpha value is -2.82. The van der Waals surface area contributed by atoms with Crippen LogP contribution in [0.1, 0.15) is 35.1 Å². The Kier molecular flexibility index (Phi) is 3.08. The molecule has 0 unspecified atom stereocenters. The number of pyridine rings is 1. The Labute approximate surface area is 133 Å². The van der Waals surface area contributed by atoms with E-state index < -0.39 is 0 Å². The number of benzene rings is 1. The Bertz CT molecular complexity index is 856. The third kappa shape index (κ3) is 2.16. The van der Waals surface area contributed by atoms with Crippen molar-refractivity contribution >= 4 is 23.4 Å². The van der Waals surface area contributed by atoms with Gasteiger partial charge >= 0.3 is 0 Å². The van der Waals surface area contributed by atoms with Crippen molar-refractivity contribution in [3.8, 4) is 11.5 Å². The summed E-state index contributed by atoms with van der Waals surface area (Å²) >= 11 is 0. The van der Waals surface area contributed by atoms with Gasteiger partial charge in [-0.25, -0.2) is 4.98 Å². The normalized spacial score (nSPS) is 17.7. The monoisotopic (exact) mass is 308 g/mol. The molecule has 5 nitrogen and oxygen atoms in total. The van der Waals surface area contributed by atoms with E-state index in [1.165, 1.54) is 6.07 Å². The summed E-state index contributed by atoms with van der Waals surface area (Å²) in [7, 11) is 0. The minimum atomic E-state index is -0.254. The maximum absolute atomic E-state index is 12.2. The minimum absolute atomic E-state index is 0.162. The maximum Gasteiger partial charge on any atom is 0.257 e. The number of carbonyl (C=O) groups is 1. The number of rotatable bonds is 1. The molecule has 1 aliphatic carbocycles. The fraction of sp³-hybridized carbons (Fsp3) is 0.222. The predicted molar refractivity (Wildman–Crippen MR) is 87.2 cm³/mol. The van der Waals surface area contributed by atoms with E-state index in [1.807, 2.05) is 0 Å². The Morgan fingerprint density at radius 2 is 1.96 bits per heavy atom. The Morgan fingerprint density at radius 3 is 2.78 bits per heavy atom. The average Bonchev–Trinajstić information content (AvgIpc) is 2.88. The minimum Gasteiger partial charge on any atom is -0.508 e. The molecule has 2 aromatic rings. The molecule has 116 valence electrons. The zero-order chi connectivity index (χ0) is 16.0. The average molecular weight is 308 g/mol. The van der Waals surface area contributed by atoms with Gasteiger partial charge in [0.1, 0.15) is 17.3 Å². The second-order valence-corrected chi connectivity index (χ2v) is 5.91. The van der Waals surface area contributed by atoms with Crippen molar-refractivity contribution < 1.29 is 15.0 Å². The number of amides is 1. The van der Waals surface area contributed by atoms with Crippen LogP contribution in [0.3, 0.4) is 0 Å². The van der Waals surface area contributed by atoms with Crippen LogP contribution >= 0.6 is 0 Å². The Morgan fingerprint density at radius 1 is 1.17 bits per heavy atom. The number of hydrogen-bond acceptors (Lipinski definition) is 4. The molecule has 0 spiro atoms. The molecular formula is C18H16N2O3. The van der Waals surface area contributed by atoms with Gasteiger partial charge in [0, 0.05) is 28.5 Å². The van der Waals surface area contributed by atoms with Gasteiger partial charge in [-0.2, -0.15) is 0 Å².